The highest BCUT2D eigenvalue weighted by atomic mass is 16.5. The minimum absolute atomic E-state index is 0.00168. The van der Waals surface area contributed by atoms with Gasteiger partial charge in [-0.25, -0.2) is 0 Å². The fourth-order valence-corrected chi connectivity index (χ4v) is 2.90. The first-order chi connectivity index (χ1) is 10.9. The van der Waals surface area contributed by atoms with Crippen LogP contribution in [0.4, 0.5) is 11.6 Å². The Morgan fingerprint density at radius 2 is 2.22 bits per heavy atom. The molecule has 1 atom stereocenters. The Balaban J connectivity index is 1.83. The lowest BCUT2D eigenvalue weighted by molar-refractivity contribution is -0.117. The fourth-order valence-electron chi connectivity index (χ4n) is 2.90. The number of fused-ring (bicyclic) bond motifs is 1. The first-order valence-corrected chi connectivity index (χ1v) is 7.45. The first kappa shape index (κ1) is 15.3. The van der Waals surface area contributed by atoms with E-state index < -0.39 is 0 Å². The van der Waals surface area contributed by atoms with Crippen molar-refractivity contribution < 1.29 is 14.1 Å². The van der Waals surface area contributed by atoms with Crippen molar-refractivity contribution in [2.75, 3.05) is 10.6 Å². The average molecular weight is 317 g/mol. The lowest BCUT2D eigenvalue weighted by Crippen LogP contribution is -2.23. The van der Waals surface area contributed by atoms with Crippen LogP contribution in [0.25, 0.3) is 0 Å². The van der Waals surface area contributed by atoms with Crippen molar-refractivity contribution in [1.82, 2.24) is 14.9 Å². The zero-order chi connectivity index (χ0) is 16.7. The smallest absolute Gasteiger partial charge is 0.230 e. The van der Waals surface area contributed by atoms with Crippen molar-refractivity contribution >= 4 is 23.5 Å². The molecule has 0 radical (unpaired) electrons. The number of amides is 2. The summed E-state index contributed by atoms with van der Waals surface area (Å²) in [5, 5.41) is 13.8. The Morgan fingerprint density at radius 3 is 2.87 bits per heavy atom. The minimum Gasteiger partial charge on any atom is -0.361 e. The molecular weight excluding hydrogens is 298 g/mol. The number of aryl methyl sites for hydroxylation is 3. The van der Waals surface area contributed by atoms with E-state index in [1.165, 1.54) is 0 Å². The summed E-state index contributed by atoms with van der Waals surface area (Å²) in [7, 11) is 1.74. The van der Waals surface area contributed by atoms with Gasteiger partial charge in [-0.3, -0.25) is 14.3 Å². The van der Waals surface area contributed by atoms with Gasteiger partial charge in [0.25, 0.3) is 0 Å². The SMILES string of the molecule is Cc1noc(C)c1CC(=O)Nc1nn(C)c2c1[C@H](C)CC(=O)N2. The van der Waals surface area contributed by atoms with Crippen LogP contribution >= 0.6 is 0 Å². The number of nitrogens with one attached hydrogen (secondary N) is 2. The molecule has 8 heteroatoms. The predicted octanol–water partition coefficient (Wildman–Crippen LogP) is 1.65. The molecule has 23 heavy (non-hydrogen) atoms. The Labute approximate surface area is 133 Å². The summed E-state index contributed by atoms with van der Waals surface area (Å²) >= 11 is 0. The lowest BCUT2D eigenvalue weighted by atomic mass is 9.95. The topological polar surface area (TPSA) is 102 Å². The van der Waals surface area contributed by atoms with E-state index in [9.17, 15) is 9.59 Å². The van der Waals surface area contributed by atoms with Crippen LogP contribution in [0.3, 0.4) is 0 Å². The van der Waals surface area contributed by atoms with Crippen molar-refractivity contribution in [2.24, 2.45) is 7.05 Å². The molecule has 1 aliphatic heterocycles. The van der Waals surface area contributed by atoms with Crippen LogP contribution in [0.1, 0.15) is 41.8 Å². The van der Waals surface area contributed by atoms with E-state index in [1.54, 1.807) is 25.6 Å². The second-order valence-corrected chi connectivity index (χ2v) is 5.92. The molecule has 8 nitrogen and oxygen atoms in total. The summed E-state index contributed by atoms with van der Waals surface area (Å²) in [6.07, 6.45) is 0.554. The van der Waals surface area contributed by atoms with Gasteiger partial charge in [-0.1, -0.05) is 12.1 Å². The number of carbonyl (C=O) groups is 2. The van der Waals surface area contributed by atoms with Crippen LogP contribution in [0, 0.1) is 13.8 Å². The molecule has 3 heterocycles. The number of nitrogens with zero attached hydrogens (tertiary/aromatic N) is 3. The summed E-state index contributed by atoms with van der Waals surface area (Å²) < 4.78 is 6.65. The van der Waals surface area contributed by atoms with Gasteiger partial charge >= 0.3 is 0 Å². The molecule has 0 saturated carbocycles. The molecule has 0 fully saturated rings. The second kappa shape index (κ2) is 5.53. The van der Waals surface area contributed by atoms with E-state index in [1.807, 2.05) is 6.92 Å². The number of carbonyl (C=O) groups excluding carboxylic acids is 2. The highest BCUT2D eigenvalue weighted by Crippen LogP contribution is 2.36. The van der Waals surface area contributed by atoms with Crippen LogP contribution in [0.2, 0.25) is 0 Å². The van der Waals surface area contributed by atoms with Crippen LogP contribution < -0.4 is 10.6 Å². The maximum atomic E-state index is 12.3. The van der Waals surface area contributed by atoms with Gasteiger partial charge in [-0.05, 0) is 19.8 Å². The second-order valence-electron chi connectivity index (χ2n) is 5.92. The molecular formula is C15H19N5O3. The molecule has 3 rings (SSSR count). The molecule has 2 amide bonds. The van der Waals surface area contributed by atoms with Gasteiger partial charge in [0, 0.05) is 24.6 Å². The van der Waals surface area contributed by atoms with Crippen molar-refractivity contribution in [2.45, 2.75) is 39.5 Å². The molecule has 0 spiro atoms. The maximum Gasteiger partial charge on any atom is 0.230 e. The van der Waals surface area contributed by atoms with Crippen molar-refractivity contribution in [3.63, 3.8) is 0 Å². The third-order valence-corrected chi connectivity index (χ3v) is 4.10. The third-order valence-electron chi connectivity index (χ3n) is 4.10. The van der Waals surface area contributed by atoms with Crippen LogP contribution in [0.15, 0.2) is 4.52 Å². The van der Waals surface area contributed by atoms with Crippen LogP contribution in [-0.4, -0.2) is 26.8 Å². The van der Waals surface area contributed by atoms with Gasteiger partial charge in [0.1, 0.15) is 11.6 Å². The van der Waals surface area contributed by atoms with Crippen molar-refractivity contribution in [1.29, 1.82) is 0 Å². The molecule has 2 aromatic rings. The normalized spacial score (nSPS) is 16.9. The van der Waals surface area contributed by atoms with E-state index in [0.29, 0.717) is 29.5 Å². The molecule has 2 aromatic heterocycles. The highest BCUT2D eigenvalue weighted by molar-refractivity contribution is 5.98. The van der Waals surface area contributed by atoms with E-state index in [-0.39, 0.29) is 24.2 Å². The molecule has 0 aliphatic carbocycles. The molecule has 0 bridgehead atoms. The Bertz CT molecular complexity index is 770. The van der Waals surface area contributed by atoms with Gasteiger partial charge in [-0.15, -0.1) is 0 Å². The monoisotopic (exact) mass is 317 g/mol. The van der Waals surface area contributed by atoms with E-state index in [2.05, 4.69) is 20.9 Å². The molecule has 122 valence electrons. The number of rotatable bonds is 3. The summed E-state index contributed by atoms with van der Waals surface area (Å²) in [6.45, 7) is 5.53. The predicted molar refractivity (Wildman–Crippen MR) is 83.2 cm³/mol. The zero-order valence-electron chi connectivity index (χ0n) is 13.6. The third kappa shape index (κ3) is 2.71. The van der Waals surface area contributed by atoms with Crippen molar-refractivity contribution in [3.8, 4) is 0 Å². The zero-order valence-corrected chi connectivity index (χ0v) is 13.6. The minimum atomic E-state index is -0.190. The number of anilines is 2. The summed E-state index contributed by atoms with van der Waals surface area (Å²) in [5.74, 6) is 1.54. The number of aromatic nitrogens is 3. The molecule has 0 saturated heterocycles. The van der Waals surface area contributed by atoms with Gasteiger partial charge in [0.2, 0.25) is 11.8 Å². The summed E-state index contributed by atoms with van der Waals surface area (Å²) in [6, 6.07) is 0. The maximum absolute atomic E-state index is 12.3. The van der Waals surface area contributed by atoms with E-state index in [4.69, 9.17) is 4.52 Å². The molecule has 0 aromatic carbocycles. The van der Waals surface area contributed by atoms with Crippen molar-refractivity contribution in [3.05, 3.63) is 22.6 Å². The quantitative estimate of drug-likeness (QED) is 0.896. The van der Waals surface area contributed by atoms with Gasteiger partial charge < -0.3 is 15.2 Å². The Hall–Kier alpha value is -2.64. The van der Waals surface area contributed by atoms with Gasteiger partial charge in [-0.2, -0.15) is 5.10 Å². The standard InChI is InChI=1S/C15H19N5O3/c1-7-5-11(21)17-15-13(7)14(18-20(15)4)16-12(22)6-10-8(2)19-23-9(10)3/h7H,5-6H2,1-4H3,(H,17,21)(H,16,18,22)/t7-/m1/s1. The van der Waals surface area contributed by atoms with Crippen LogP contribution in [0.5, 0.6) is 0 Å². The average Bonchev–Trinajstić information content (AvgIpc) is 2.93. The fraction of sp³-hybridized carbons (Fsp3) is 0.467. The number of hydrogen-bond donors (Lipinski definition) is 2. The number of hydrogen-bond acceptors (Lipinski definition) is 5. The first-order valence-electron chi connectivity index (χ1n) is 7.45. The molecule has 2 N–H and O–H groups in total. The van der Waals surface area contributed by atoms with Crippen LogP contribution in [-0.2, 0) is 23.1 Å². The highest BCUT2D eigenvalue weighted by Gasteiger charge is 2.29. The van der Waals surface area contributed by atoms with E-state index >= 15 is 0 Å². The van der Waals surface area contributed by atoms with E-state index in [0.717, 1.165) is 11.1 Å². The Kier molecular flexibility index (Phi) is 3.67. The summed E-state index contributed by atoms with van der Waals surface area (Å²) in [4.78, 5) is 24.0. The lowest BCUT2D eigenvalue weighted by Gasteiger charge is -2.20. The van der Waals surface area contributed by atoms with Gasteiger partial charge in [0.15, 0.2) is 5.82 Å². The summed E-state index contributed by atoms with van der Waals surface area (Å²) in [5.41, 5.74) is 2.36. The molecule has 0 unspecified atom stereocenters. The Morgan fingerprint density at radius 1 is 1.48 bits per heavy atom. The largest absolute Gasteiger partial charge is 0.361 e. The van der Waals surface area contributed by atoms with Gasteiger partial charge in [0.05, 0.1) is 12.1 Å². The molecule has 1 aliphatic rings.